The van der Waals surface area contributed by atoms with Crippen LogP contribution in [0.4, 0.5) is 0 Å². The molecule has 0 aromatic heterocycles. The third-order valence-corrected chi connectivity index (χ3v) is 8.92. The maximum atomic E-state index is 13.5. The predicted octanol–water partition coefficient (Wildman–Crippen LogP) is 4.49. The Morgan fingerprint density at radius 3 is 2.33 bits per heavy atom. The number of likely N-dealkylation sites (N-methyl/N-ethyl adjacent to an activating group) is 1. The molecule has 43 heavy (non-hydrogen) atoms. The van der Waals surface area contributed by atoms with Crippen molar-refractivity contribution >= 4 is 25.0 Å². The average molecular weight is 585 g/mol. The Morgan fingerprint density at radius 1 is 1.07 bits per heavy atom. The Labute approximate surface area is 257 Å². The van der Waals surface area contributed by atoms with E-state index in [1.165, 1.54) is 11.1 Å². The molecule has 0 radical (unpaired) electrons. The summed E-state index contributed by atoms with van der Waals surface area (Å²) < 4.78 is 12.7. The summed E-state index contributed by atoms with van der Waals surface area (Å²) in [7, 11) is -0.569. The lowest BCUT2D eigenvalue weighted by Gasteiger charge is -2.32. The van der Waals surface area contributed by atoms with E-state index in [9.17, 15) is 14.9 Å². The summed E-state index contributed by atoms with van der Waals surface area (Å²) >= 11 is 0. The number of rotatable bonds is 10. The number of aryl methyl sites for hydroxylation is 1. The minimum absolute atomic E-state index is 0.0806. The first-order valence-corrected chi connectivity index (χ1v) is 15.3. The molecule has 1 N–H and O–H groups in total. The zero-order chi connectivity index (χ0) is 31.4. The lowest BCUT2D eigenvalue weighted by Crippen LogP contribution is -2.52. The summed E-state index contributed by atoms with van der Waals surface area (Å²) in [6, 6.07) is 16.4. The van der Waals surface area contributed by atoms with E-state index in [1.807, 2.05) is 53.7 Å². The molecule has 1 saturated heterocycles. The second-order valence-corrected chi connectivity index (χ2v) is 12.6. The van der Waals surface area contributed by atoms with Gasteiger partial charge in [-0.15, -0.1) is 0 Å². The Bertz CT molecular complexity index is 1380. The molecule has 4 rings (SSSR count). The number of nitriles is 1. The SMILES string of the molecule is CCN(CC)C(=O)C(C#N)=Cc1ccc2c(c1)CN(CC(=O)N[C@@H](Cc1ccc(C)cc1)B1OC(C)(C)C(C)(C)O1)CC2. The van der Waals surface area contributed by atoms with Crippen LogP contribution in [0, 0.1) is 18.3 Å². The zero-order valence-corrected chi connectivity index (χ0v) is 26.7. The van der Waals surface area contributed by atoms with E-state index in [4.69, 9.17) is 9.31 Å². The standard InChI is InChI=1S/C34H45BN4O4/c1-8-39(9-2)32(41)28(21-36)18-26-14-15-27-16-17-38(22-29(27)19-26)23-31(40)37-30(20-25-12-10-24(3)11-13-25)35-42-33(4,5)34(6,7)43-35/h10-15,18-19,30H,8-9,16-17,20,22-23H2,1-7H3,(H,37,40)/t30-/m0/s1. The summed E-state index contributed by atoms with van der Waals surface area (Å²) in [5, 5.41) is 12.9. The van der Waals surface area contributed by atoms with Gasteiger partial charge in [-0.05, 0) is 89.6 Å². The molecular formula is C34H45BN4O4. The minimum Gasteiger partial charge on any atom is -0.402 e. The molecule has 1 fully saturated rings. The molecule has 2 amide bonds. The molecule has 0 aliphatic carbocycles. The third-order valence-electron chi connectivity index (χ3n) is 8.92. The Kier molecular flexibility index (Phi) is 10.2. The van der Waals surface area contributed by atoms with Crippen molar-refractivity contribution in [1.82, 2.24) is 15.1 Å². The minimum atomic E-state index is -0.569. The largest absolute Gasteiger partial charge is 0.482 e. The van der Waals surface area contributed by atoms with Gasteiger partial charge in [-0.3, -0.25) is 14.5 Å². The van der Waals surface area contributed by atoms with Crippen LogP contribution in [0.15, 0.2) is 48.0 Å². The number of benzene rings is 2. The van der Waals surface area contributed by atoms with Gasteiger partial charge in [0.1, 0.15) is 11.6 Å². The summed E-state index contributed by atoms with van der Waals surface area (Å²) in [5.74, 6) is -0.688. The molecular weight excluding hydrogens is 539 g/mol. The van der Waals surface area contributed by atoms with E-state index in [-0.39, 0.29) is 29.9 Å². The van der Waals surface area contributed by atoms with Crippen LogP contribution in [0.25, 0.3) is 6.08 Å². The van der Waals surface area contributed by atoms with Crippen LogP contribution >= 0.6 is 0 Å². The highest BCUT2D eigenvalue weighted by Crippen LogP contribution is 2.38. The molecule has 2 aromatic carbocycles. The molecule has 2 aliphatic heterocycles. The molecule has 2 heterocycles. The van der Waals surface area contributed by atoms with Crippen LogP contribution in [-0.4, -0.2) is 72.1 Å². The molecule has 0 spiro atoms. The monoisotopic (exact) mass is 584 g/mol. The number of fused-ring (bicyclic) bond motifs is 1. The van der Waals surface area contributed by atoms with Crippen LogP contribution in [-0.2, 0) is 38.3 Å². The highest BCUT2D eigenvalue weighted by atomic mass is 16.7. The first kappa shape index (κ1) is 32.5. The Balaban J connectivity index is 1.46. The Hall–Kier alpha value is -3.45. The van der Waals surface area contributed by atoms with Crippen molar-refractivity contribution in [3.05, 3.63) is 75.9 Å². The third kappa shape index (κ3) is 7.75. The molecule has 1 atom stereocenters. The molecule has 8 nitrogen and oxygen atoms in total. The van der Waals surface area contributed by atoms with E-state index in [0.717, 1.165) is 29.7 Å². The number of nitrogens with one attached hydrogen (secondary N) is 1. The summed E-state index contributed by atoms with van der Waals surface area (Å²) in [6.45, 7) is 16.7. The molecule has 9 heteroatoms. The number of hydrogen-bond acceptors (Lipinski definition) is 6. The van der Waals surface area contributed by atoms with E-state index in [1.54, 1.807) is 11.0 Å². The average Bonchev–Trinajstić information content (AvgIpc) is 3.19. The first-order chi connectivity index (χ1) is 20.4. The predicted molar refractivity (Wildman–Crippen MR) is 170 cm³/mol. The van der Waals surface area contributed by atoms with Gasteiger partial charge in [-0.2, -0.15) is 5.26 Å². The number of carbonyl (C=O) groups is 2. The fourth-order valence-corrected chi connectivity index (χ4v) is 5.55. The number of carbonyl (C=O) groups excluding carboxylic acids is 2. The molecule has 2 aliphatic rings. The number of amides is 2. The van der Waals surface area contributed by atoms with Gasteiger partial charge in [0.15, 0.2) is 0 Å². The quantitative estimate of drug-likeness (QED) is 0.251. The van der Waals surface area contributed by atoms with Crippen LogP contribution in [0.5, 0.6) is 0 Å². The summed E-state index contributed by atoms with van der Waals surface area (Å²) in [5.41, 5.74) is 4.53. The lowest BCUT2D eigenvalue weighted by molar-refractivity contribution is -0.126. The maximum absolute atomic E-state index is 13.5. The summed E-state index contributed by atoms with van der Waals surface area (Å²) in [6.07, 6.45) is 3.07. The first-order valence-electron chi connectivity index (χ1n) is 15.3. The van der Waals surface area contributed by atoms with Crippen LogP contribution in [0.3, 0.4) is 0 Å². The van der Waals surface area contributed by atoms with E-state index >= 15 is 0 Å². The van der Waals surface area contributed by atoms with Crippen molar-refractivity contribution in [3.63, 3.8) is 0 Å². The fraction of sp³-hybridized carbons (Fsp3) is 0.500. The highest BCUT2D eigenvalue weighted by molar-refractivity contribution is 6.48. The highest BCUT2D eigenvalue weighted by Gasteiger charge is 2.54. The van der Waals surface area contributed by atoms with Crippen molar-refractivity contribution < 1.29 is 18.9 Å². The molecule has 0 unspecified atom stereocenters. The second-order valence-electron chi connectivity index (χ2n) is 12.6. The van der Waals surface area contributed by atoms with Crippen LogP contribution in [0.1, 0.15) is 69.4 Å². The topological polar surface area (TPSA) is 94.9 Å². The Morgan fingerprint density at radius 2 is 1.72 bits per heavy atom. The van der Waals surface area contributed by atoms with Crippen LogP contribution < -0.4 is 5.32 Å². The van der Waals surface area contributed by atoms with E-state index in [2.05, 4.69) is 53.5 Å². The van der Waals surface area contributed by atoms with Gasteiger partial charge in [0, 0.05) is 26.2 Å². The summed E-state index contributed by atoms with van der Waals surface area (Å²) in [4.78, 5) is 30.0. The number of nitrogens with zero attached hydrogens (tertiary/aromatic N) is 3. The van der Waals surface area contributed by atoms with Gasteiger partial charge in [-0.25, -0.2) is 0 Å². The maximum Gasteiger partial charge on any atom is 0.482 e. The smallest absolute Gasteiger partial charge is 0.402 e. The van der Waals surface area contributed by atoms with Crippen molar-refractivity contribution in [1.29, 1.82) is 5.26 Å². The van der Waals surface area contributed by atoms with Gasteiger partial charge >= 0.3 is 7.12 Å². The van der Waals surface area contributed by atoms with Gasteiger partial charge < -0.3 is 19.5 Å². The lowest BCUT2D eigenvalue weighted by atomic mass is 9.74. The molecule has 0 saturated carbocycles. The van der Waals surface area contributed by atoms with Gasteiger partial charge in [-0.1, -0.05) is 48.0 Å². The van der Waals surface area contributed by atoms with E-state index in [0.29, 0.717) is 26.1 Å². The van der Waals surface area contributed by atoms with Crippen molar-refractivity contribution in [2.24, 2.45) is 0 Å². The fourth-order valence-electron chi connectivity index (χ4n) is 5.55. The molecule has 0 bridgehead atoms. The van der Waals surface area contributed by atoms with E-state index < -0.39 is 18.3 Å². The number of hydrogen-bond donors (Lipinski definition) is 1. The van der Waals surface area contributed by atoms with Crippen LogP contribution in [0.2, 0.25) is 0 Å². The van der Waals surface area contributed by atoms with Crippen molar-refractivity contribution in [3.8, 4) is 6.07 Å². The molecule has 2 aromatic rings. The normalized spacial score (nSPS) is 18.5. The van der Waals surface area contributed by atoms with Crippen molar-refractivity contribution in [2.75, 3.05) is 26.2 Å². The van der Waals surface area contributed by atoms with Crippen molar-refractivity contribution in [2.45, 2.75) is 85.0 Å². The second kappa shape index (κ2) is 13.5. The van der Waals surface area contributed by atoms with Gasteiger partial charge in [0.05, 0.1) is 23.7 Å². The van der Waals surface area contributed by atoms with Gasteiger partial charge in [0.2, 0.25) is 5.91 Å². The zero-order valence-electron chi connectivity index (χ0n) is 26.7. The molecule has 228 valence electrons. The van der Waals surface area contributed by atoms with Gasteiger partial charge in [0.25, 0.3) is 5.91 Å².